The van der Waals surface area contributed by atoms with Gasteiger partial charge in [-0.25, -0.2) is 4.79 Å². The number of aliphatic hydroxyl groups excluding tert-OH is 2. The van der Waals surface area contributed by atoms with Crippen molar-refractivity contribution < 1.29 is 87.9 Å². The lowest BCUT2D eigenvalue weighted by Gasteiger charge is -2.36. The van der Waals surface area contributed by atoms with E-state index in [-0.39, 0.29) is 77.2 Å². The highest BCUT2D eigenvalue weighted by Gasteiger charge is 2.49. The van der Waals surface area contributed by atoms with E-state index < -0.39 is 175 Å². The van der Waals surface area contributed by atoms with Crippen LogP contribution >= 0.6 is 0 Å². The van der Waals surface area contributed by atoms with Gasteiger partial charge >= 0.3 is 17.9 Å². The second-order valence-electron chi connectivity index (χ2n) is 22.8. The van der Waals surface area contributed by atoms with Gasteiger partial charge in [0.25, 0.3) is 0 Å². The lowest BCUT2D eigenvalue weighted by atomic mass is 10.1. The number of hydrogen-bond acceptors (Lipinski definition) is 17. The van der Waals surface area contributed by atoms with Crippen LogP contribution in [0.4, 0.5) is 0 Å². The van der Waals surface area contributed by atoms with Crippen molar-refractivity contribution in [1.82, 2.24) is 50.7 Å². The molecule has 0 radical (unpaired) electrons. The zero-order valence-electron chi connectivity index (χ0n) is 47.8. The first-order chi connectivity index (χ1) is 39.9. The number of rotatable bonds is 27. The van der Waals surface area contributed by atoms with Crippen LogP contribution in [0.2, 0.25) is 0 Å². The molecule has 13 atom stereocenters. The predicted octanol–water partition coefficient (Wildman–Crippen LogP) is -4.10. The van der Waals surface area contributed by atoms with Gasteiger partial charge in [0.2, 0.25) is 59.1 Å². The molecule has 6 fully saturated rings. The fourth-order valence-electron chi connectivity index (χ4n) is 12.4. The van der Waals surface area contributed by atoms with Crippen LogP contribution in [0.5, 0.6) is 0 Å². The van der Waals surface area contributed by atoms with Crippen LogP contribution in [-0.4, -0.2) is 256 Å². The van der Waals surface area contributed by atoms with E-state index >= 15 is 0 Å². The standard InChI is InChI=1S/C54H84N12O18/c1-29(67)42(59-47(76)36-14-7-25-63(36)50(79)37-15-8-26-64(37)48(77)31(56)11-3-4-22-55)53(82)66-28-10-17-39(66)52(81)65-27-9-16-38(65)51(80)62-24-6-13-35(62)46(75)58-33(19-21-41(71)72)49(78)61-23-5-12-34(61)45(74)57-32(18-20-40(69)70)44(73)60-43(30(2)68)54(83)84/h29-39,42-43,67-68H,3-28,55-56H2,1-2H3,(H,57,74)(H,58,75)(H,59,76)(H,60,73)(H,69,70)(H,71,72)(H,83,84)/t29-,30-,31+,32+,33+,34+,35+,36+,37+,38+,39+,42+,43+/m1/s1. The highest BCUT2D eigenvalue weighted by atomic mass is 16.4. The van der Waals surface area contributed by atoms with Crippen LogP contribution in [-0.2, 0) is 62.3 Å². The van der Waals surface area contributed by atoms with Crippen molar-refractivity contribution in [1.29, 1.82) is 0 Å². The molecule has 468 valence electrons. The van der Waals surface area contributed by atoms with E-state index in [9.17, 15) is 87.9 Å². The number of hydrogen-bond donors (Lipinski definition) is 11. The minimum absolute atomic E-state index is 0.0312. The average Bonchev–Trinajstić information content (AvgIpc) is 3.93. The van der Waals surface area contributed by atoms with Crippen LogP contribution < -0.4 is 32.7 Å². The molecule has 0 aromatic rings. The number of unbranched alkanes of at least 4 members (excludes halogenated alkanes) is 1. The number of nitrogens with one attached hydrogen (secondary N) is 4. The molecular formula is C54H84N12O18. The highest BCUT2D eigenvalue weighted by Crippen LogP contribution is 2.31. The number of likely N-dealkylation sites (tertiary alicyclic amines) is 6. The van der Waals surface area contributed by atoms with Crippen molar-refractivity contribution in [2.24, 2.45) is 11.5 Å². The molecule has 30 nitrogen and oxygen atoms in total. The molecule has 0 spiro atoms. The number of nitrogens with zero attached hydrogens (tertiary/aromatic N) is 6. The fourth-order valence-corrected chi connectivity index (χ4v) is 12.4. The average molecular weight is 1190 g/mol. The van der Waals surface area contributed by atoms with Crippen LogP contribution in [0.3, 0.4) is 0 Å². The summed E-state index contributed by atoms with van der Waals surface area (Å²) >= 11 is 0. The lowest BCUT2D eigenvalue weighted by molar-refractivity contribution is -0.152. The maximum Gasteiger partial charge on any atom is 0.328 e. The zero-order chi connectivity index (χ0) is 61.7. The van der Waals surface area contributed by atoms with Gasteiger partial charge in [0.05, 0.1) is 18.2 Å². The molecule has 6 aliphatic rings. The van der Waals surface area contributed by atoms with E-state index in [2.05, 4.69) is 21.3 Å². The Morgan fingerprint density at radius 3 is 1.23 bits per heavy atom. The van der Waals surface area contributed by atoms with Gasteiger partial charge in [0, 0.05) is 52.1 Å². The Balaban J connectivity index is 1.09. The van der Waals surface area contributed by atoms with Crippen LogP contribution in [0, 0.1) is 0 Å². The molecule has 0 aromatic heterocycles. The summed E-state index contributed by atoms with van der Waals surface area (Å²) in [7, 11) is 0. The van der Waals surface area contributed by atoms with Gasteiger partial charge in [-0.2, -0.15) is 0 Å². The van der Waals surface area contributed by atoms with Crippen LogP contribution in [0.1, 0.15) is 136 Å². The molecule has 13 N–H and O–H groups in total. The summed E-state index contributed by atoms with van der Waals surface area (Å²) in [5.41, 5.74) is 11.8. The maximum absolute atomic E-state index is 14.6. The van der Waals surface area contributed by atoms with E-state index in [4.69, 9.17) is 11.5 Å². The minimum Gasteiger partial charge on any atom is -0.481 e. The number of amides is 10. The molecule has 0 saturated carbocycles. The van der Waals surface area contributed by atoms with Gasteiger partial charge in [-0.1, -0.05) is 6.42 Å². The predicted molar refractivity (Wildman–Crippen MR) is 292 cm³/mol. The second-order valence-corrected chi connectivity index (χ2v) is 22.8. The Labute approximate surface area is 486 Å². The number of carbonyl (C=O) groups is 13. The third-order valence-electron chi connectivity index (χ3n) is 16.9. The van der Waals surface area contributed by atoms with Crippen LogP contribution in [0.15, 0.2) is 0 Å². The monoisotopic (exact) mass is 1190 g/mol. The molecule has 0 aromatic carbocycles. The number of nitrogens with two attached hydrogens (primary N) is 2. The summed E-state index contributed by atoms with van der Waals surface area (Å²) in [6.07, 6.45) is 0.0837. The fraction of sp³-hybridized carbons (Fsp3) is 0.759. The molecule has 6 heterocycles. The normalized spacial score (nSPS) is 24.8. The van der Waals surface area contributed by atoms with E-state index in [1.54, 1.807) is 0 Å². The molecule has 84 heavy (non-hydrogen) atoms. The number of carbonyl (C=O) groups excluding carboxylic acids is 10. The van der Waals surface area contributed by atoms with Gasteiger partial charge < -0.3 is 87.7 Å². The van der Waals surface area contributed by atoms with Gasteiger partial charge in [-0.05, 0) is 123 Å². The third-order valence-corrected chi connectivity index (χ3v) is 16.9. The Kier molecular flexibility index (Phi) is 23.7. The highest BCUT2D eigenvalue weighted by molar-refractivity contribution is 6.00. The third kappa shape index (κ3) is 16.0. The number of carboxylic acids is 3. The van der Waals surface area contributed by atoms with Crippen LogP contribution in [0.25, 0.3) is 0 Å². The molecule has 6 saturated heterocycles. The van der Waals surface area contributed by atoms with E-state index in [0.717, 1.165) is 11.8 Å². The number of aliphatic carboxylic acids is 3. The van der Waals surface area contributed by atoms with Gasteiger partial charge in [0.15, 0.2) is 6.04 Å². The molecule has 6 aliphatic heterocycles. The number of aliphatic hydroxyl groups is 2. The summed E-state index contributed by atoms with van der Waals surface area (Å²) in [5.74, 6) is -11.3. The first-order valence-electron chi connectivity index (χ1n) is 29.4. The van der Waals surface area contributed by atoms with E-state index in [0.29, 0.717) is 70.9 Å². The summed E-state index contributed by atoms with van der Waals surface area (Å²) < 4.78 is 0. The Morgan fingerprint density at radius 2 is 0.798 bits per heavy atom. The van der Waals surface area contributed by atoms with Crippen molar-refractivity contribution in [3.05, 3.63) is 0 Å². The number of carboxylic acid groups (broad SMARTS) is 3. The lowest BCUT2D eigenvalue weighted by Crippen LogP contribution is -2.61. The van der Waals surface area contributed by atoms with Crippen molar-refractivity contribution in [2.75, 3.05) is 45.8 Å². The smallest absolute Gasteiger partial charge is 0.328 e. The molecule has 0 bridgehead atoms. The van der Waals surface area contributed by atoms with Gasteiger partial charge in [0.1, 0.15) is 54.4 Å². The zero-order valence-corrected chi connectivity index (χ0v) is 47.8. The maximum atomic E-state index is 14.6. The summed E-state index contributed by atoms with van der Waals surface area (Å²) in [6, 6.07) is -13.8. The molecule has 30 heteroatoms. The Hall–Kier alpha value is -7.05. The second kappa shape index (κ2) is 30.2. The summed E-state index contributed by atoms with van der Waals surface area (Å²) in [5, 5.41) is 59.1. The minimum atomic E-state index is -1.81. The Morgan fingerprint density at radius 1 is 0.440 bits per heavy atom. The SMILES string of the molecule is C[C@@H](O)[C@H](NC(=O)[C@H](CCC(=O)O)NC(=O)[C@@H]1CCCN1C(=O)[C@H](CCC(=O)O)NC(=O)[C@@H]1CCCN1C(=O)[C@@H]1CCCN1C(=O)[C@@H]1CCCN1C(=O)[C@@H](NC(=O)[C@@H]1CCCN1C(=O)[C@@H]1CCCN1C(=O)[C@@H](N)CCCCN)[C@@H](C)O)C(=O)O. The molecular weight excluding hydrogens is 1100 g/mol. The van der Waals surface area contributed by atoms with Crippen molar-refractivity contribution in [3.63, 3.8) is 0 Å². The van der Waals surface area contributed by atoms with Crippen molar-refractivity contribution in [3.8, 4) is 0 Å². The van der Waals surface area contributed by atoms with Crippen molar-refractivity contribution in [2.45, 2.75) is 215 Å². The molecule has 6 rings (SSSR count). The topological polar surface area (TPSA) is 443 Å². The Bertz CT molecular complexity index is 2480. The molecule has 10 amide bonds. The van der Waals surface area contributed by atoms with E-state index in [1.165, 1.54) is 31.4 Å². The quantitative estimate of drug-likeness (QED) is 0.0348. The summed E-state index contributed by atoms with van der Waals surface area (Å²) in [4.78, 5) is 184. The van der Waals surface area contributed by atoms with Gasteiger partial charge in [-0.15, -0.1) is 0 Å². The first-order valence-corrected chi connectivity index (χ1v) is 29.4. The molecule has 0 unspecified atom stereocenters. The first kappa shape index (κ1) is 66.1. The van der Waals surface area contributed by atoms with Gasteiger partial charge in [-0.3, -0.25) is 57.5 Å². The van der Waals surface area contributed by atoms with Crippen molar-refractivity contribution >= 4 is 77.0 Å². The summed E-state index contributed by atoms with van der Waals surface area (Å²) in [6.45, 7) is 3.65. The van der Waals surface area contributed by atoms with E-state index in [1.807, 2.05) is 0 Å². The largest absolute Gasteiger partial charge is 0.481 e. The molecule has 0 aliphatic carbocycles.